The van der Waals surface area contributed by atoms with Gasteiger partial charge in [-0.15, -0.1) is 0 Å². The molecule has 0 N–H and O–H groups in total. The minimum Gasteiger partial charge on any atom is -0.207 e. The predicted octanol–water partition coefficient (Wildman–Crippen LogP) is 4.02. The first-order chi connectivity index (χ1) is 9.37. The lowest BCUT2D eigenvalue weighted by Crippen LogP contribution is -2.43. The fourth-order valence-electron chi connectivity index (χ4n) is 2.78. The van der Waals surface area contributed by atoms with Crippen molar-refractivity contribution in [2.75, 3.05) is 6.54 Å². The lowest BCUT2D eigenvalue weighted by Gasteiger charge is -2.34. The van der Waals surface area contributed by atoms with E-state index in [-0.39, 0.29) is 6.04 Å². The smallest absolute Gasteiger partial charge is 0.207 e. The number of halogens is 1. The summed E-state index contributed by atoms with van der Waals surface area (Å²) in [4.78, 5) is 0.404. The Morgan fingerprint density at radius 3 is 2.55 bits per heavy atom. The Balaban J connectivity index is 2.46. The first kappa shape index (κ1) is 16.0. The van der Waals surface area contributed by atoms with Crippen LogP contribution in [0.5, 0.6) is 0 Å². The van der Waals surface area contributed by atoms with Gasteiger partial charge in [0.1, 0.15) is 0 Å². The zero-order chi connectivity index (χ0) is 14.9. The van der Waals surface area contributed by atoms with Crippen molar-refractivity contribution in [2.45, 2.75) is 57.4 Å². The molecule has 0 radical (unpaired) electrons. The molecule has 20 heavy (non-hydrogen) atoms. The van der Waals surface area contributed by atoms with Crippen molar-refractivity contribution in [1.82, 2.24) is 4.31 Å². The summed E-state index contributed by atoms with van der Waals surface area (Å²) in [6.07, 6.45) is 3.93. The molecule has 0 amide bonds. The van der Waals surface area contributed by atoms with Crippen molar-refractivity contribution < 1.29 is 8.42 Å². The van der Waals surface area contributed by atoms with E-state index in [1.165, 1.54) is 0 Å². The van der Waals surface area contributed by atoms with Crippen molar-refractivity contribution >= 4 is 26.0 Å². The number of piperidine rings is 1. The van der Waals surface area contributed by atoms with E-state index in [0.29, 0.717) is 15.9 Å². The number of rotatable bonds is 3. The minimum absolute atomic E-state index is 0.141. The van der Waals surface area contributed by atoms with E-state index in [1.807, 2.05) is 19.9 Å². The lowest BCUT2D eigenvalue weighted by atomic mass is 10.0. The standard InChI is InChI=1S/C15H22BrNO2S/c1-4-13-7-5-6-8-17(13)20(18,19)15-10-12(3)11(2)9-14(15)16/h9-10,13H,4-8H2,1-3H3. The predicted molar refractivity (Wildman–Crippen MR) is 85.4 cm³/mol. The van der Waals surface area contributed by atoms with Crippen LogP contribution in [0.4, 0.5) is 0 Å². The largest absolute Gasteiger partial charge is 0.244 e. The van der Waals surface area contributed by atoms with Crippen LogP contribution in [0.15, 0.2) is 21.5 Å². The van der Waals surface area contributed by atoms with Crippen molar-refractivity contribution in [2.24, 2.45) is 0 Å². The molecule has 0 spiro atoms. The third-order valence-corrected chi connectivity index (χ3v) is 7.09. The summed E-state index contributed by atoms with van der Waals surface area (Å²) < 4.78 is 28.2. The van der Waals surface area contributed by atoms with Gasteiger partial charge >= 0.3 is 0 Å². The van der Waals surface area contributed by atoms with Crippen molar-refractivity contribution in [3.05, 3.63) is 27.7 Å². The quantitative estimate of drug-likeness (QED) is 0.817. The van der Waals surface area contributed by atoms with Crippen LogP contribution in [0.1, 0.15) is 43.7 Å². The van der Waals surface area contributed by atoms with E-state index in [0.717, 1.165) is 36.8 Å². The van der Waals surface area contributed by atoms with Gasteiger partial charge < -0.3 is 0 Å². The van der Waals surface area contributed by atoms with Gasteiger partial charge in [-0.25, -0.2) is 8.42 Å². The second-order valence-electron chi connectivity index (χ2n) is 5.54. The molecule has 3 nitrogen and oxygen atoms in total. The number of sulfonamides is 1. The highest BCUT2D eigenvalue weighted by Crippen LogP contribution is 2.32. The number of hydrogen-bond acceptors (Lipinski definition) is 2. The highest BCUT2D eigenvalue weighted by Gasteiger charge is 2.33. The third kappa shape index (κ3) is 2.95. The molecule has 1 heterocycles. The summed E-state index contributed by atoms with van der Waals surface area (Å²) in [6.45, 7) is 6.65. The Kier molecular flexibility index (Phi) is 4.92. The molecule has 0 aliphatic carbocycles. The molecule has 0 aromatic heterocycles. The van der Waals surface area contributed by atoms with Crippen LogP contribution in [0.25, 0.3) is 0 Å². The second kappa shape index (κ2) is 6.16. The second-order valence-corrected chi connectivity index (χ2v) is 8.25. The first-order valence-electron chi connectivity index (χ1n) is 7.16. The van der Waals surface area contributed by atoms with Gasteiger partial charge in [0, 0.05) is 17.1 Å². The van der Waals surface area contributed by atoms with Gasteiger partial charge in [-0.3, -0.25) is 0 Å². The van der Waals surface area contributed by atoms with Crippen molar-refractivity contribution in [3.8, 4) is 0 Å². The normalized spacial score (nSPS) is 21.1. The molecule has 0 bridgehead atoms. The maximum absolute atomic E-state index is 12.9. The maximum Gasteiger partial charge on any atom is 0.244 e. The number of aryl methyl sites for hydroxylation is 2. The van der Waals surface area contributed by atoms with Gasteiger partial charge in [-0.1, -0.05) is 13.3 Å². The number of benzene rings is 1. The van der Waals surface area contributed by atoms with E-state index in [4.69, 9.17) is 0 Å². The van der Waals surface area contributed by atoms with Gasteiger partial charge in [0.15, 0.2) is 0 Å². The summed E-state index contributed by atoms with van der Waals surface area (Å²) in [5.41, 5.74) is 2.11. The average molecular weight is 360 g/mol. The maximum atomic E-state index is 12.9. The first-order valence-corrected chi connectivity index (χ1v) is 9.39. The third-order valence-electron chi connectivity index (χ3n) is 4.18. The van der Waals surface area contributed by atoms with Gasteiger partial charge in [-0.2, -0.15) is 4.31 Å². The van der Waals surface area contributed by atoms with Crippen LogP contribution in [0.3, 0.4) is 0 Å². The molecule has 1 fully saturated rings. The summed E-state index contributed by atoms with van der Waals surface area (Å²) in [5, 5.41) is 0. The van der Waals surface area contributed by atoms with Crippen LogP contribution in [-0.4, -0.2) is 25.3 Å². The highest BCUT2D eigenvalue weighted by atomic mass is 79.9. The molecule has 1 aromatic carbocycles. The minimum atomic E-state index is -3.41. The van der Waals surface area contributed by atoms with Gasteiger partial charge in [0.2, 0.25) is 10.0 Å². The van der Waals surface area contributed by atoms with Crippen molar-refractivity contribution in [1.29, 1.82) is 0 Å². The summed E-state index contributed by atoms with van der Waals surface area (Å²) in [7, 11) is -3.41. The van der Waals surface area contributed by atoms with Crippen LogP contribution in [0, 0.1) is 13.8 Å². The average Bonchev–Trinajstić information content (AvgIpc) is 2.42. The Morgan fingerprint density at radius 1 is 1.25 bits per heavy atom. The van der Waals surface area contributed by atoms with Crippen LogP contribution in [-0.2, 0) is 10.0 Å². The fourth-order valence-corrected chi connectivity index (χ4v) is 5.75. The monoisotopic (exact) mass is 359 g/mol. The molecule has 1 aliphatic heterocycles. The molecular formula is C15H22BrNO2S. The topological polar surface area (TPSA) is 37.4 Å². The number of hydrogen-bond donors (Lipinski definition) is 0. The number of nitrogens with zero attached hydrogens (tertiary/aromatic N) is 1. The Hall–Kier alpha value is -0.390. The molecule has 1 atom stereocenters. The molecule has 1 aliphatic rings. The van der Waals surface area contributed by atoms with Crippen LogP contribution >= 0.6 is 15.9 Å². The van der Waals surface area contributed by atoms with E-state index in [1.54, 1.807) is 10.4 Å². The van der Waals surface area contributed by atoms with Crippen molar-refractivity contribution in [3.63, 3.8) is 0 Å². The Morgan fingerprint density at radius 2 is 1.90 bits per heavy atom. The molecule has 0 saturated carbocycles. The SMILES string of the molecule is CCC1CCCCN1S(=O)(=O)c1cc(C)c(C)cc1Br. The van der Waals surface area contributed by atoms with Crippen LogP contribution < -0.4 is 0 Å². The Bertz CT molecular complexity index is 598. The molecule has 1 aromatic rings. The molecule has 112 valence electrons. The zero-order valence-electron chi connectivity index (χ0n) is 12.3. The van der Waals surface area contributed by atoms with E-state index < -0.39 is 10.0 Å². The zero-order valence-corrected chi connectivity index (χ0v) is 14.7. The molecule has 1 unspecified atom stereocenters. The van der Waals surface area contributed by atoms with Gasteiger partial charge in [-0.05, 0) is 72.3 Å². The summed E-state index contributed by atoms with van der Waals surface area (Å²) in [5.74, 6) is 0. The lowest BCUT2D eigenvalue weighted by molar-refractivity contribution is 0.246. The summed E-state index contributed by atoms with van der Waals surface area (Å²) >= 11 is 3.42. The van der Waals surface area contributed by atoms with E-state index in [9.17, 15) is 8.42 Å². The Labute approximate surface area is 130 Å². The highest BCUT2D eigenvalue weighted by molar-refractivity contribution is 9.10. The van der Waals surface area contributed by atoms with Gasteiger partial charge in [0.05, 0.1) is 4.90 Å². The van der Waals surface area contributed by atoms with E-state index in [2.05, 4.69) is 22.9 Å². The fraction of sp³-hybridized carbons (Fsp3) is 0.600. The van der Waals surface area contributed by atoms with Crippen LogP contribution in [0.2, 0.25) is 0 Å². The van der Waals surface area contributed by atoms with Gasteiger partial charge in [0.25, 0.3) is 0 Å². The van der Waals surface area contributed by atoms with E-state index >= 15 is 0 Å². The molecule has 1 saturated heterocycles. The molecule has 5 heteroatoms. The molecule has 2 rings (SSSR count). The molecular weight excluding hydrogens is 338 g/mol. The summed E-state index contributed by atoms with van der Waals surface area (Å²) in [6, 6.07) is 3.82.